The van der Waals surface area contributed by atoms with Crippen LogP contribution < -0.4 is 11.1 Å². The van der Waals surface area contributed by atoms with Gasteiger partial charge in [0, 0.05) is 30.5 Å². The number of unbranched alkanes of at least 4 members (excludes halogenated alkanes) is 2. The molecule has 3 N–H and O–H groups in total. The molecule has 0 fully saturated rings. The standard InChI is InChI=1S/C18H21N5O/c19-16-9-17(12-21-11-16)23-7-5-15-8-14(10-22-18(15)23)4-2-1-3-6-20-13-24/h5,7-13H,1-4,6,19H2,(H,20,24). The summed E-state index contributed by atoms with van der Waals surface area (Å²) in [4.78, 5) is 18.9. The highest BCUT2D eigenvalue weighted by molar-refractivity contribution is 5.78. The molecule has 3 aromatic heterocycles. The van der Waals surface area contributed by atoms with E-state index in [4.69, 9.17) is 5.73 Å². The highest BCUT2D eigenvalue weighted by atomic mass is 16.1. The highest BCUT2D eigenvalue weighted by Crippen LogP contribution is 2.21. The van der Waals surface area contributed by atoms with Crippen LogP contribution in [0.25, 0.3) is 16.7 Å². The fourth-order valence-corrected chi connectivity index (χ4v) is 2.78. The quantitative estimate of drug-likeness (QED) is 0.492. The zero-order valence-electron chi connectivity index (χ0n) is 13.5. The largest absolute Gasteiger partial charge is 0.397 e. The van der Waals surface area contributed by atoms with Crippen LogP contribution in [0.15, 0.2) is 43.0 Å². The van der Waals surface area contributed by atoms with Crippen LogP contribution in [0.1, 0.15) is 24.8 Å². The van der Waals surface area contributed by atoms with E-state index in [2.05, 4.69) is 27.4 Å². The van der Waals surface area contributed by atoms with Crippen molar-refractivity contribution in [1.29, 1.82) is 0 Å². The summed E-state index contributed by atoms with van der Waals surface area (Å²) in [5.41, 5.74) is 9.49. The lowest BCUT2D eigenvalue weighted by Gasteiger charge is -2.06. The molecule has 0 aliphatic heterocycles. The fraction of sp³-hybridized carbons (Fsp3) is 0.278. The monoisotopic (exact) mass is 323 g/mol. The van der Waals surface area contributed by atoms with Gasteiger partial charge in [-0.25, -0.2) is 4.98 Å². The van der Waals surface area contributed by atoms with Gasteiger partial charge < -0.3 is 11.1 Å². The van der Waals surface area contributed by atoms with Crippen molar-refractivity contribution in [3.8, 4) is 5.69 Å². The van der Waals surface area contributed by atoms with Gasteiger partial charge in [-0.3, -0.25) is 14.3 Å². The number of pyridine rings is 2. The Morgan fingerprint density at radius 2 is 2.08 bits per heavy atom. The molecule has 6 heteroatoms. The fourth-order valence-electron chi connectivity index (χ4n) is 2.78. The van der Waals surface area contributed by atoms with Crippen LogP contribution in [0.3, 0.4) is 0 Å². The van der Waals surface area contributed by atoms with E-state index in [9.17, 15) is 4.79 Å². The number of nitrogens with two attached hydrogens (primary N) is 1. The van der Waals surface area contributed by atoms with Crippen molar-refractivity contribution in [3.05, 3.63) is 48.5 Å². The van der Waals surface area contributed by atoms with Gasteiger partial charge in [0.15, 0.2) is 0 Å². The molecule has 24 heavy (non-hydrogen) atoms. The molecule has 0 aliphatic rings. The number of nitrogens with zero attached hydrogens (tertiary/aromatic N) is 3. The molecule has 6 nitrogen and oxygen atoms in total. The summed E-state index contributed by atoms with van der Waals surface area (Å²) in [6, 6.07) is 6.13. The molecule has 124 valence electrons. The van der Waals surface area contributed by atoms with E-state index in [1.165, 1.54) is 5.56 Å². The second kappa shape index (κ2) is 7.59. The number of hydrogen-bond acceptors (Lipinski definition) is 4. The van der Waals surface area contributed by atoms with Crippen LogP contribution in [-0.4, -0.2) is 27.5 Å². The second-order valence-electron chi connectivity index (χ2n) is 5.80. The number of carbonyl (C=O) groups excluding carboxylic acids is 1. The molecule has 0 bridgehead atoms. The van der Waals surface area contributed by atoms with Crippen molar-refractivity contribution >= 4 is 23.1 Å². The van der Waals surface area contributed by atoms with E-state index >= 15 is 0 Å². The van der Waals surface area contributed by atoms with Gasteiger partial charge in [0.25, 0.3) is 0 Å². The molecular weight excluding hydrogens is 302 g/mol. The Hall–Kier alpha value is -2.89. The Bertz CT molecular complexity index is 827. The van der Waals surface area contributed by atoms with Gasteiger partial charge in [0.2, 0.25) is 6.41 Å². The average Bonchev–Trinajstić information content (AvgIpc) is 3.01. The van der Waals surface area contributed by atoms with E-state index < -0.39 is 0 Å². The first-order valence-corrected chi connectivity index (χ1v) is 8.12. The summed E-state index contributed by atoms with van der Waals surface area (Å²) in [5, 5.41) is 3.79. The number of amides is 1. The number of fused-ring (bicyclic) bond motifs is 1. The second-order valence-corrected chi connectivity index (χ2v) is 5.80. The summed E-state index contributed by atoms with van der Waals surface area (Å²) < 4.78 is 1.99. The molecule has 0 aliphatic carbocycles. The Morgan fingerprint density at radius 1 is 1.17 bits per heavy atom. The molecule has 0 saturated heterocycles. The van der Waals surface area contributed by atoms with Crippen molar-refractivity contribution in [2.45, 2.75) is 25.7 Å². The summed E-state index contributed by atoms with van der Waals surface area (Å²) in [6.07, 6.45) is 12.3. The number of nitrogen functional groups attached to an aromatic ring is 1. The molecule has 0 aromatic carbocycles. The van der Waals surface area contributed by atoms with Crippen molar-refractivity contribution in [1.82, 2.24) is 19.9 Å². The van der Waals surface area contributed by atoms with Crippen molar-refractivity contribution < 1.29 is 4.79 Å². The number of hydrogen-bond donors (Lipinski definition) is 2. The lowest BCUT2D eigenvalue weighted by Crippen LogP contribution is -2.11. The number of anilines is 1. The normalized spacial score (nSPS) is 10.8. The van der Waals surface area contributed by atoms with Crippen molar-refractivity contribution in [2.75, 3.05) is 12.3 Å². The molecule has 3 aromatic rings. The molecule has 0 radical (unpaired) electrons. The molecular formula is C18H21N5O. The summed E-state index contributed by atoms with van der Waals surface area (Å²) >= 11 is 0. The minimum Gasteiger partial charge on any atom is -0.397 e. The van der Waals surface area contributed by atoms with Gasteiger partial charge in [-0.2, -0.15) is 0 Å². The minimum atomic E-state index is 0.634. The first-order valence-electron chi connectivity index (χ1n) is 8.12. The maximum absolute atomic E-state index is 10.2. The Morgan fingerprint density at radius 3 is 2.92 bits per heavy atom. The van der Waals surface area contributed by atoms with Crippen molar-refractivity contribution in [3.63, 3.8) is 0 Å². The topological polar surface area (TPSA) is 85.8 Å². The molecule has 0 unspecified atom stereocenters. The highest BCUT2D eigenvalue weighted by Gasteiger charge is 2.06. The van der Waals surface area contributed by atoms with Crippen LogP contribution in [-0.2, 0) is 11.2 Å². The predicted octanol–water partition coefficient (Wildman–Crippen LogP) is 2.46. The first kappa shape index (κ1) is 16.0. The van der Waals surface area contributed by atoms with E-state index in [1.54, 1.807) is 12.4 Å². The lowest BCUT2D eigenvalue weighted by molar-refractivity contribution is -0.109. The SMILES string of the molecule is Nc1cncc(-n2ccc3cc(CCCCCNC=O)cnc32)c1. The number of aryl methyl sites for hydroxylation is 1. The van der Waals surface area contributed by atoms with Gasteiger partial charge in [0.1, 0.15) is 5.65 Å². The lowest BCUT2D eigenvalue weighted by atomic mass is 10.1. The third-order valence-corrected chi connectivity index (χ3v) is 3.98. The third kappa shape index (κ3) is 3.71. The van der Waals surface area contributed by atoms with Gasteiger partial charge >= 0.3 is 0 Å². The van der Waals surface area contributed by atoms with E-state index in [1.807, 2.05) is 23.0 Å². The van der Waals surface area contributed by atoms with E-state index in [0.29, 0.717) is 5.69 Å². The summed E-state index contributed by atoms with van der Waals surface area (Å²) in [5.74, 6) is 0. The van der Waals surface area contributed by atoms with Crippen molar-refractivity contribution in [2.24, 2.45) is 0 Å². The van der Waals surface area contributed by atoms with Gasteiger partial charge in [0.05, 0.1) is 17.6 Å². The van der Waals surface area contributed by atoms with Gasteiger partial charge in [-0.1, -0.05) is 6.42 Å². The zero-order chi connectivity index (χ0) is 16.8. The summed E-state index contributed by atoms with van der Waals surface area (Å²) in [7, 11) is 0. The predicted molar refractivity (Wildman–Crippen MR) is 94.9 cm³/mol. The van der Waals surface area contributed by atoms with Gasteiger partial charge in [-0.05, 0) is 43.0 Å². The Balaban J connectivity index is 1.68. The molecule has 3 heterocycles. The molecule has 3 rings (SSSR count). The molecule has 1 amide bonds. The van der Waals surface area contributed by atoms with Gasteiger partial charge in [-0.15, -0.1) is 0 Å². The first-order chi connectivity index (χ1) is 11.8. The van der Waals surface area contributed by atoms with Crippen LogP contribution in [0.5, 0.6) is 0 Å². The molecule has 0 spiro atoms. The number of carbonyl (C=O) groups is 1. The third-order valence-electron chi connectivity index (χ3n) is 3.98. The number of aromatic nitrogens is 3. The van der Waals surface area contributed by atoms with E-state index in [0.717, 1.165) is 55.4 Å². The van der Waals surface area contributed by atoms with Crippen LogP contribution in [0.2, 0.25) is 0 Å². The maximum Gasteiger partial charge on any atom is 0.207 e. The van der Waals surface area contributed by atoms with Crippen LogP contribution in [0.4, 0.5) is 5.69 Å². The maximum atomic E-state index is 10.2. The van der Waals surface area contributed by atoms with Crippen LogP contribution >= 0.6 is 0 Å². The summed E-state index contributed by atoms with van der Waals surface area (Å²) in [6.45, 7) is 0.748. The smallest absolute Gasteiger partial charge is 0.207 e. The molecule has 0 saturated carbocycles. The number of nitrogens with one attached hydrogen (secondary N) is 1. The van der Waals surface area contributed by atoms with E-state index in [-0.39, 0.29) is 0 Å². The van der Waals surface area contributed by atoms with Crippen LogP contribution in [0, 0.1) is 0 Å². The minimum absolute atomic E-state index is 0.634. The Kier molecular flexibility index (Phi) is 5.05. The average molecular weight is 323 g/mol. The Labute approximate surface area is 140 Å². The zero-order valence-corrected chi connectivity index (χ0v) is 13.5. The number of rotatable bonds is 8. The molecule has 0 atom stereocenters.